The average molecular weight is 492 g/mol. The fraction of sp³-hybridized carbons (Fsp3) is 0.269. The molecule has 2 aromatic rings. The van der Waals surface area contributed by atoms with Crippen LogP contribution in [0.2, 0.25) is 5.02 Å². The number of halogens is 1. The molecule has 3 aliphatic rings. The van der Waals surface area contributed by atoms with Crippen molar-refractivity contribution < 1.29 is 9.53 Å². The van der Waals surface area contributed by atoms with E-state index in [2.05, 4.69) is 10.00 Å². The molecule has 0 bridgehead atoms. The molecule has 0 aliphatic carbocycles. The number of amides is 1. The summed E-state index contributed by atoms with van der Waals surface area (Å²) in [6, 6.07) is 17.0. The van der Waals surface area contributed by atoms with Crippen LogP contribution in [-0.4, -0.2) is 65.1 Å². The number of nitrogens with zero attached hydrogens (tertiary/aromatic N) is 5. The number of methoxy groups -OCH3 is 1. The van der Waals surface area contributed by atoms with Gasteiger partial charge in [-0.1, -0.05) is 35.9 Å². The Labute approximate surface area is 208 Å². The lowest BCUT2D eigenvalue weighted by Gasteiger charge is -2.36. The number of hydrogen-bond acceptors (Lipinski definition) is 5. The highest BCUT2D eigenvalue weighted by molar-refractivity contribution is 6.30. The molecule has 2 aromatic carbocycles. The summed E-state index contributed by atoms with van der Waals surface area (Å²) in [7, 11) is 1.62. The Morgan fingerprint density at radius 2 is 1.74 bits per heavy atom. The molecule has 35 heavy (non-hydrogen) atoms. The maximum Gasteiger partial charge on any atom is 0.282 e. The van der Waals surface area contributed by atoms with Crippen LogP contribution in [0.3, 0.4) is 0 Å². The number of fused-ring (bicyclic) bond motifs is 1. The van der Waals surface area contributed by atoms with Gasteiger partial charge in [-0.2, -0.15) is 9.78 Å². The lowest BCUT2D eigenvalue weighted by Crippen LogP contribution is -2.49. The van der Waals surface area contributed by atoms with Crippen LogP contribution in [-0.2, 0) is 11.3 Å². The van der Waals surface area contributed by atoms with E-state index in [-0.39, 0.29) is 11.5 Å². The van der Waals surface area contributed by atoms with Crippen LogP contribution in [0.1, 0.15) is 10.4 Å². The first-order chi connectivity index (χ1) is 17.0. The molecule has 1 saturated heterocycles. The van der Waals surface area contributed by atoms with Crippen LogP contribution in [0, 0.1) is 0 Å². The number of piperazine rings is 1. The maximum atomic E-state index is 13.7. The minimum atomic E-state index is -0.252. The summed E-state index contributed by atoms with van der Waals surface area (Å²) in [6.45, 7) is 3.48. The van der Waals surface area contributed by atoms with E-state index in [0.717, 1.165) is 5.69 Å². The Bertz CT molecular complexity index is 1360. The highest BCUT2D eigenvalue weighted by Gasteiger charge is 2.29. The predicted molar refractivity (Wildman–Crippen MR) is 136 cm³/mol. The number of benzene rings is 2. The van der Waals surface area contributed by atoms with Crippen molar-refractivity contribution in [2.75, 3.05) is 44.8 Å². The molecule has 1 fully saturated rings. The van der Waals surface area contributed by atoms with Crippen molar-refractivity contribution in [3.63, 3.8) is 0 Å². The first-order valence-electron chi connectivity index (χ1n) is 11.5. The molecule has 0 aromatic heterocycles. The standard InChI is InChI=1S/C26H26ClN5O3/c1-35-15-14-29-17-22(24-23(18-29)26(34)32(28-24)20-7-3-2-4-8-20)25(33)31-12-10-30(11-13-31)21-9-5-6-19(27)16-21/h2-9,16-18H,10-15H2,1H3. The zero-order valence-electron chi connectivity index (χ0n) is 19.4. The third-order valence-electron chi connectivity index (χ3n) is 6.25. The van der Waals surface area contributed by atoms with Gasteiger partial charge in [-0.3, -0.25) is 9.59 Å². The second-order valence-electron chi connectivity index (χ2n) is 8.48. The molecule has 5 rings (SSSR count). The lowest BCUT2D eigenvalue weighted by atomic mass is 10.1. The molecule has 0 spiro atoms. The van der Waals surface area contributed by atoms with Gasteiger partial charge in [0, 0.05) is 62.9 Å². The molecule has 0 unspecified atom stereocenters. The number of carbonyl (C=O) groups is 1. The average Bonchev–Trinajstić information content (AvgIpc) is 3.23. The van der Waals surface area contributed by atoms with Crippen LogP contribution < -0.4 is 10.5 Å². The third-order valence-corrected chi connectivity index (χ3v) is 6.48. The van der Waals surface area contributed by atoms with E-state index in [9.17, 15) is 9.59 Å². The Hall–Kier alpha value is -3.62. The van der Waals surface area contributed by atoms with E-state index < -0.39 is 0 Å². The number of ether oxygens (including phenoxy) is 1. The number of aromatic nitrogens is 3. The normalized spacial score (nSPS) is 14.0. The molecule has 1 amide bonds. The van der Waals surface area contributed by atoms with Crippen molar-refractivity contribution in [1.82, 2.24) is 19.2 Å². The highest BCUT2D eigenvalue weighted by atomic mass is 35.5. The van der Waals surface area contributed by atoms with Gasteiger partial charge in [-0.05, 0) is 30.3 Å². The van der Waals surface area contributed by atoms with Crippen molar-refractivity contribution in [1.29, 1.82) is 0 Å². The molecule has 0 N–H and O–H groups in total. The van der Waals surface area contributed by atoms with Gasteiger partial charge in [-0.15, -0.1) is 0 Å². The van der Waals surface area contributed by atoms with Crippen molar-refractivity contribution >= 4 is 23.2 Å². The predicted octanol–water partition coefficient (Wildman–Crippen LogP) is 3.40. The third kappa shape index (κ3) is 4.67. The molecule has 3 aliphatic heterocycles. The largest absolute Gasteiger partial charge is 0.383 e. The number of pyridine rings is 1. The van der Waals surface area contributed by atoms with E-state index in [1.807, 2.05) is 64.1 Å². The summed E-state index contributed by atoms with van der Waals surface area (Å²) < 4.78 is 8.40. The Morgan fingerprint density at radius 3 is 2.46 bits per heavy atom. The van der Waals surface area contributed by atoms with Gasteiger partial charge in [0.05, 0.1) is 23.4 Å². The van der Waals surface area contributed by atoms with Crippen molar-refractivity contribution in [3.05, 3.63) is 87.9 Å². The van der Waals surface area contributed by atoms with E-state index in [4.69, 9.17) is 16.3 Å². The van der Waals surface area contributed by atoms with Gasteiger partial charge < -0.3 is 19.1 Å². The SMILES string of the molecule is COCCn1cc(C(=O)N2CCN(c3cccc(Cl)c3)CC2)c2nn(-c3ccccc3)c(=O)c-2c1. The Kier molecular flexibility index (Phi) is 6.57. The van der Waals surface area contributed by atoms with Crippen molar-refractivity contribution in [2.45, 2.75) is 6.54 Å². The fourth-order valence-electron chi connectivity index (χ4n) is 4.40. The molecular formula is C26H26ClN5O3. The molecule has 0 radical (unpaired) electrons. The van der Waals surface area contributed by atoms with Gasteiger partial charge >= 0.3 is 0 Å². The van der Waals surface area contributed by atoms with Crippen molar-refractivity contribution in [2.24, 2.45) is 0 Å². The van der Waals surface area contributed by atoms with Gasteiger partial charge in [0.2, 0.25) is 0 Å². The maximum absolute atomic E-state index is 13.7. The first-order valence-corrected chi connectivity index (χ1v) is 11.9. The van der Waals surface area contributed by atoms with Gasteiger partial charge in [-0.25, -0.2) is 0 Å². The lowest BCUT2D eigenvalue weighted by molar-refractivity contribution is 0.0746. The molecular weight excluding hydrogens is 466 g/mol. The minimum absolute atomic E-state index is 0.134. The Balaban J connectivity index is 1.46. The van der Waals surface area contributed by atoms with Gasteiger partial charge in [0.1, 0.15) is 5.69 Å². The quantitative estimate of drug-likeness (QED) is 0.413. The monoisotopic (exact) mass is 491 g/mol. The minimum Gasteiger partial charge on any atom is -0.383 e. The van der Waals surface area contributed by atoms with Gasteiger partial charge in [0.15, 0.2) is 0 Å². The second kappa shape index (κ2) is 9.93. The van der Waals surface area contributed by atoms with Gasteiger partial charge in [0.25, 0.3) is 11.5 Å². The number of anilines is 1. The number of rotatable bonds is 6. The zero-order chi connectivity index (χ0) is 24.4. The zero-order valence-corrected chi connectivity index (χ0v) is 20.2. The van der Waals surface area contributed by atoms with E-state index in [1.54, 1.807) is 19.5 Å². The number of carbonyl (C=O) groups excluding carboxylic acids is 1. The summed E-state index contributed by atoms with van der Waals surface area (Å²) in [5, 5.41) is 5.27. The second-order valence-corrected chi connectivity index (χ2v) is 8.91. The molecule has 8 nitrogen and oxygen atoms in total. The smallest absolute Gasteiger partial charge is 0.282 e. The molecule has 0 atom stereocenters. The van der Waals surface area contributed by atoms with Crippen LogP contribution in [0.5, 0.6) is 0 Å². The fourth-order valence-corrected chi connectivity index (χ4v) is 4.58. The van der Waals surface area contributed by atoms with Crippen LogP contribution in [0.15, 0.2) is 71.8 Å². The summed E-state index contributed by atoms with van der Waals surface area (Å²) in [5.41, 5.74) is 2.69. The van der Waals surface area contributed by atoms with E-state index in [1.165, 1.54) is 4.68 Å². The molecule has 0 saturated carbocycles. The first kappa shape index (κ1) is 23.1. The topological polar surface area (TPSA) is 72.6 Å². The van der Waals surface area contributed by atoms with E-state index in [0.29, 0.717) is 66.9 Å². The molecule has 3 heterocycles. The van der Waals surface area contributed by atoms with E-state index >= 15 is 0 Å². The van der Waals surface area contributed by atoms with Crippen molar-refractivity contribution in [3.8, 4) is 16.9 Å². The molecule has 180 valence electrons. The Morgan fingerprint density at radius 1 is 1.00 bits per heavy atom. The van der Waals surface area contributed by atoms with Crippen LogP contribution >= 0.6 is 11.6 Å². The van der Waals surface area contributed by atoms with Crippen LogP contribution in [0.25, 0.3) is 16.9 Å². The van der Waals surface area contributed by atoms with Crippen LogP contribution in [0.4, 0.5) is 5.69 Å². The number of para-hydroxylation sites is 1. The molecule has 9 heteroatoms. The highest BCUT2D eigenvalue weighted by Crippen LogP contribution is 2.25. The summed E-state index contributed by atoms with van der Waals surface area (Å²) in [4.78, 5) is 31.0. The number of hydrogen-bond donors (Lipinski definition) is 0. The summed E-state index contributed by atoms with van der Waals surface area (Å²) in [6.07, 6.45) is 3.52. The summed E-state index contributed by atoms with van der Waals surface area (Å²) >= 11 is 6.15. The summed E-state index contributed by atoms with van der Waals surface area (Å²) in [5.74, 6) is -0.134.